The smallest absolute Gasteiger partial charge is 0.240 e. The Morgan fingerprint density at radius 3 is 3.00 bits per heavy atom. The van der Waals surface area contributed by atoms with Crippen LogP contribution in [0.5, 0.6) is 0 Å². The number of piperazine rings is 1. The van der Waals surface area contributed by atoms with Gasteiger partial charge in [0.05, 0.1) is 18.7 Å². The number of rotatable bonds is 2. The predicted molar refractivity (Wildman–Crippen MR) is 56.8 cm³/mol. The van der Waals surface area contributed by atoms with Crippen LogP contribution in [0, 0.1) is 0 Å². The summed E-state index contributed by atoms with van der Waals surface area (Å²) in [5.41, 5.74) is 0. The second-order valence-corrected chi connectivity index (χ2v) is 4.16. The Morgan fingerprint density at radius 1 is 1.56 bits per heavy atom. The van der Waals surface area contributed by atoms with Crippen LogP contribution in [0.1, 0.15) is 6.42 Å². The van der Waals surface area contributed by atoms with Crippen LogP contribution in [0.3, 0.4) is 0 Å². The Labute approximate surface area is 94.3 Å². The van der Waals surface area contributed by atoms with Crippen LogP contribution in [-0.4, -0.2) is 62.1 Å². The standard InChI is InChI=1S/C10H17N3O3/c1-16-7-4-8(12-5-7)10(15)13-3-2-11-9(14)6-13/h7-8,12H,2-6H2,1H3,(H,11,14). The third-order valence-corrected chi connectivity index (χ3v) is 3.07. The fourth-order valence-electron chi connectivity index (χ4n) is 2.12. The van der Waals surface area contributed by atoms with Crippen LogP contribution in [0.2, 0.25) is 0 Å². The van der Waals surface area contributed by atoms with Gasteiger partial charge in [0.2, 0.25) is 11.8 Å². The van der Waals surface area contributed by atoms with E-state index in [4.69, 9.17) is 4.74 Å². The van der Waals surface area contributed by atoms with Crippen LogP contribution in [0.15, 0.2) is 0 Å². The zero-order valence-electron chi connectivity index (χ0n) is 9.36. The summed E-state index contributed by atoms with van der Waals surface area (Å²) in [4.78, 5) is 24.8. The summed E-state index contributed by atoms with van der Waals surface area (Å²) < 4.78 is 5.19. The van der Waals surface area contributed by atoms with Crippen molar-refractivity contribution in [3.05, 3.63) is 0 Å². The summed E-state index contributed by atoms with van der Waals surface area (Å²) in [5.74, 6) is -0.0738. The van der Waals surface area contributed by atoms with Crippen molar-refractivity contribution in [1.29, 1.82) is 0 Å². The number of hydrogen-bond acceptors (Lipinski definition) is 4. The van der Waals surface area contributed by atoms with Gasteiger partial charge in [-0.15, -0.1) is 0 Å². The monoisotopic (exact) mass is 227 g/mol. The number of nitrogens with zero attached hydrogens (tertiary/aromatic N) is 1. The molecule has 2 amide bonds. The van der Waals surface area contributed by atoms with Crippen LogP contribution < -0.4 is 10.6 Å². The Hall–Kier alpha value is -1.14. The van der Waals surface area contributed by atoms with Gasteiger partial charge in [0.25, 0.3) is 0 Å². The highest BCUT2D eigenvalue weighted by atomic mass is 16.5. The van der Waals surface area contributed by atoms with Gasteiger partial charge in [-0.2, -0.15) is 0 Å². The number of carbonyl (C=O) groups is 2. The predicted octanol–water partition coefficient (Wildman–Crippen LogP) is -1.68. The molecule has 0 aromatic carbocycles. The van der Waals surface area contributed by atoms with Crippen molar-refractivity contribution < 1.29 is 14.3 Å². The first kappa shape index (κ1) is 11.3. The summed E-state index contributed by atoms with van der Waals surface area (Å²) in [6.07, 6.45) is 0.792. The van der Waals surface area contributed by atoms with E-state index in [1.54, 1.807) is 12.0 Å². The molecule has 0 spiro atoms. The molecule has 6 nitrogen and oxygen atoms in total. The molecule has 0 aromatic rings. The summed E-state index contributed by atoms with van der Waals surface area (Å²) >= 11 is 0. The lowest BCUT2D eigenvalue weighted by molar-refractivity contribution is -0.139. The summed E-state index contributed by atoms with van der Waals surface area (Å²) in [6, 6.07) is -0.198. The van der Waals surface area contributed by atoms with Crippen molar-refractivity contribution in [3.8, 4) is 0 Å². The van der Waals surface area contributed by atoms with Gasteiger partial charge in [0.15, 0.2) is 0 Å². The van der Waals surface area contributed by atoms with Crippen LogP contribution in [-0.2, 0) is 14.3 Å². The third kappa shape index (κ3) is 2.33. The molecule has 2 atom stereocenters. The Kier molecular flexibility index (Phi) is 3.40. The maximum absolute atomic E-state index is 12.0. The summed E-state index contributed by atoms with van der Waals surface area (Å²) in [7, 11) is 1.65. The van der Waals surface area contributed by atoms with E-state index in [9.17, 15) is 9.59 Å². The fraction of sp³-hybridized carbons (Fsp3) is 0.800. The molecule has 2 fully saturated rings. The molecule has 2 rings (SSSR count). The zero-order chi connectivity index (χ0) is 11.5. The van der Waals surface area contributed by atoms with Gasteiger partial charge < -0.3 is 20.3 Å². The largest absolute Gasteiger partial charge is 0.380 e. The molecule has 2 N–H and O–H groups in total. The van der Waals surface area contributed by atoms with E-state index in [1.165, 1.54) is 0 Å². The Balaban J connectivity index is 1.89. The van der Waals surface area contributed by atoms with Gasteiger partial charge in [0, 0.05) is 26.7 Å². The Morgan fingerprint density at radius 2 is 2.38 bits per heavy atom. The molecule has 6 heteroatoms. The van der Waals surface area contributed by atoms with E-state index in [1.807, 2.05) is 0 Å². The number of carbonyl (C=O) groups excluding carboxylic acids is 2. The molecule has 2 aliphatic heterocycles. The van der Waals surface area contributed by atoms with Crippen LogP contribution in [0.4, 0.5) is 0 Å². The van der Waals surface area contributed by atoms with E-state index in [2.05, 4.69) is 10.6 Å². The van der Waals surface area contributed by atoms with Gasteiger partial charge in [-0.25, -0.2) is 0 Å². The normalized spacial score (nSPS) is 30.3. The number of hydrogen-bond donors (Lipinski definition) is 2. The molecular formula is C10H17N3O3. The average Bonchev–Trinajstić information content (AvgIpc) is 2.76. The van der Waals surface area contributed by atoms with E-state index in [0.29, 0.717) is 26.1 Å². The highest BCUT2D eigenvalue weighted by molar-refractivity contribution is 5.88. The number of amides is 2. The molecule has 0 saturated carbocycles. The van der Waals surface area contributed by atoms with Crippen molar-refractivity contribution >= 4 is 11.8 Å². The molecule has 0 radical (unpaired) electrons. The first-order valence-corrected chi connectivity index (χ1v) is 5.52. The Bertz CT molecular complexity index is 295. The molecule has 0 aromatic heterocycles. The minimum absolute atomic E-state index is 0.00870. The molecule has 2 heterocycles. The highest BCUT2D eigenvalue weighted by Crippen LogP contribution is 2.12. The minimum atomic E-state index is -0.198. The molecule has 2 aliphatic rings. The molecular weight excluding hydrogens is 210 g/mol. The first-order valence-electron chi connectivity index (χ1n) is 5.52. The second-order valence-electron chi connectivity index (χ2n) is 4.16. The second kappa shape index (κ2) is 4.80. The van der Waals surface area contributed by atoms with Gasteiger partial charge in [-0.05, 0) is 6.42 Å². The van der Waals surface area contributed by atoms with Crippen molar-refractivity contribution in [2.45, 2.75) is 18.6 Å². The highest BCUT2D eigenvalue weighted by Gasteiger charge is 2.33. The molecule has 0 aliphatic carbocycles. The SMILES string of the molecule is COC1CNC(C(=O)N2CCNC(=O)C2)C1. The van der Waals surface area contributed by atoms with Gasteiger partial charge in [0.1, 0.15) is 0 Å². The molecule has 2 unspecified atom stereocenters. The fourth-order valence-corrected chi connectivity index (χ4v) is 2.12. The van der Waals surface area contributed by atoms with Gasteiger partial charge in [-0.1, -0.05) is 0 Å². The van der Waals surface area contributed by atoms with Crippen LogP contribution >= 0.6 is 0 Å². The summed E-state index contributed by atoms with van der Waals surface area (Å²) in [6.45, 7) is 2.02. The van der Waals surface area contributed by atoms with E-state index < -0.39 is 0 Å². The molecule has 16 heavy (non-hydrogen) atoms. The first-order chi connectivity index (χ1) is 7.70. The van der Waals surface area contributed by atoms with Crippen molar-refractivity contribution in [1.82, 2.24) is 15.5 Å². The average molecular weight is 227 g/mol. The van der Waals surface area contributed by atoms with Crippen molar-refractivity contribution in [3.63, 3.8) is 0 Å². The van der Waals surface area contributed by atoms with Gasteiger partial charge >= 0.3 is 0 Å². The van der Waals surface area contributed by atoms with Crippen molar-refractivity contribution in [2.75, 3.05) is 33.3 Å². The minimum Gasteiger partial charge on any atom is -0.380 e. The van der Waals surface area contributed by atoms with Crippen LogP contribution in [0.25, 0.3) is 0 Å². The van der Waals surface area contributed by atoms with E-state index in [-0.39, 0.29) is 30.5 Å². The number of ether oxygens (including phenoxy) is 1. The lowest BCUT2D eigenvalue weighted by atomic mass is 10.1. The topological polar surface area (TPSA) is 70.7 Å². The van der Waals surface area contributed by atoms with E-state index >= 15 is 0 Å². The molecule has 90 valence electrons. The van der Waals surface area contributed by atoms with E-state index in [0.717, 1.165) is 0 Å². The number of methoxy groups -OCH3 is 1. The summed E-state index contributed by atoms with van der Waals surface area (Å²) in [5, 5.41) is 5.82. The quantitative estimate of drug-likeness (QED) is 0.591. The third-order valence-electron chi connectivity index (χ3n) is 3.07. The molecule has 0 bridgehead atoms. The lowest BCUT2D eigenvalue weighted by Gasteiger charge is -2.28. The number of nitrogens with one attached hydrogen (secondary N) is 2. The van der Waals surface area contributed by atoms with Gasteiger partial charge in [-0.3, -0.25) is 9.59 Å². The lowest BCUT2D eigenvalue weighted by Crippen LogP contribution is -2.54. The van der Waals surface area contributed by atoms with Crippen molar-refractivity contribution in [2.24, 2.45) is 0 Å². The maximum atomic E-state index is 12.0. The molecule has 2 saturated heterocycles. The zero-order valence-corrected chi connectivity index (χ0v) is 9.36. The maximum Gasteiger partial charge on any atom is 0.240 e.